The van der Waals surface area contributed by atoms with Crippen molar-refractivity contribution in [3.63, 3.8) is 0 Å². The molecular formula is C9H14BrN5. The third-order valence-electron chi connectivity index (χ3n) is 3.50. The van der Waals surface area contributed by atoms with Gasteiger partial charge in [0.1, 0.15) is 0 Å². The summed E-state index contributed by atoms with van der Waals surface area (Å²) in [6, 6.07) is 1.25. The lowest BCUT2D eigenvalue weighted by Crippen LogP contribution is -2.44. The van der Waals surface area contributed by atoms with Crippen molar-refractivity contribution >= 4 is 21.9 Å². The molecule has 0 spiro atoms. The number of anilines is 1. The molecule has 0 radical (unpaired) electrons. The second-order valence-corrected chi connectivity index (χ2v) is 5.76. The van der Waals surface area contributed by atoms with Crippen molar-refractivity contribution in [1.82, 2.24) is 20.2 Å². The standard InChI is InChI=1S/C9H14BrN5/c1-14-9(11-12-13-14)15-7-2-3-8(15)5-6(10)4-7/h6-8H,2-5H2,1H3. The van der Waals surface area contributed by atoms with Gasteiger partial charge >= 0.3 is 0 Å². The van der Waals surface area contributed by atoms with Crippen LogP contribution in [0.25, 0.3) is 0 Å². The first-order valence-electron chi connectivity index (χ1n) is 5.40. The van der Waals surface area contributed by atoms with Crippen LogP contribution in [0, 0.1) is 0 Å². The van der Waals surface area contributed by atoms with Crippen molar-refractivity contribution in [3.05, 3.63) is 0 Å². The molecule has 5 nitrogen and oxygen atoms in total. The van der Waals surface area contributed by atoms with Crippen molar-refractivity contribution in [3.8, 4) is 0 Å². The Morgan fingerprint density at radius 1 is 1.27 bits per heavy atom. The first kappa shape index (κ1) is 9.57. The first-order chi connectivity index (χ1) is 7.25. The second-order valence-electron chi connectivity index (χ2n) is 4.46. The van der Waals surface area contributed by atoms with Crippen LogP contribution in [-0.4, -0.2) is 37.1 Å². The summed E-state index contributed by atoms with van der Waals surface area (Å²) in [5.74, 6) is 0.932. The summed E-state index contributed by atoms with van der Waals surface area (Å²) in [5.41, 5.74) is 0. The number of fused-ring (bicyclic) bond motifs is 2. The molecule has 6 heteroatoms. The van der Waals surface area contributed by atoms with Gasteiger partial charge in [0.2, 0.25) is 5.95 Å². The Morgan fingerprint density at radius 3 is 2.47 bits per heavy atom. The van der Waals surface area contributed by atoms with Crippen molar-refractivity contribution < 1.29 is 0 Å². The van der Waals surface area contributed by atoms with Crippen LogP contribution in [-0.2, 0) is 7.05 Å². The average molecular weight is 272 g/mol. The van der Waals surface area contributed by atoms with E-state index in [2.05, 4.69) is 36.4 Å². The van der Waals surface area contributed by atoms with Gasteiger partial charge in [-0.1, -0.05) is 21.0 Å². The number of piperidine rings is 1. The number of rotatable bonds is 1. The van der Waals surface area contributed by atoms with Crippen LogP contribution in [0.3, 0.4) is 0 Å². The lowest BCUT2D eigenvalue weighted by atomic mass is 10.0. The minimum atomic E-state index is 0.623. The lowest BCUT2D eigenvalue weighted by Gasteiger charge is -2.36. The molecule has 3 rings (SSSR count). The van der Waals surface area contributed by atoms with Crippen molar-refractivity contribution in [2.75, 3.05) is 4.90 Å². The third kappa shape index (κ3) is 1.46. The minimum absolute atomic E-state index is 0.623. The Morgan fingerprint density at radius 2 is 1.93 bits per heavy atom. The van der Waals surface area contributed by atoms with Gasteiger partial charge in [-0.25, -0.2) is 4.68 Å². The molecular weight excluding hydrogens is 258 g/mol. The van der Waals surface area contributed by atoms with E-state index >= 15 is 0 Å². The van der Waals surface area contributed by atoms with Crippen LogP contribution >= 0.6 is 15.9 Å². The van der Waals surface area contributed by atoms with Gasteiger partial charge in [0, 0.05) is 24.0 Å². The Hall–Kier alpha value is -0.650. The highest BCUT2D eigenvalue weighted by Crippen LogP contribution is 2.40. The highest BCUT2D eigenvalue weighted by atomic mass is 79.9. The van der Waals surface area contributed by atoms with Crippen LogP contribution in [0.1, 0.15) is 25.7 Å². The summed E-state index contributed by atoms with van der Waals surface area (Å²) in [6.45, 7) is 0. The van der Waals surface area contributed by atoms with E-state index in [0.29, 0.717) is 16.9 Å². The Kier molecular flexibility index (Phi) is 2.19. The van der Waals surface area contributed by atoms with Crippen molar-refractivity contribution in [2.24, 2.45) is 7.05 Å². The maximum atomic E-state index is 4.12. The summed E-state index contributed by atoms with van der Waals surface area (Å²) in [5, 5.41) is 11.7. The Labute approximate surface area is 97.0 Å². The molecule has 3 heterocycles. The number of alkyl halides is 1. The Bertz CT molecular complexity index is 351. The molecule has 2 saturated heterocycles. The van der Waals surface area contributed by atoms with Crippen LogP contribution < -0.4 is 4.90 Å². The molecule has 2 unspecified atom stereocenters. The fraction of sp³-hybridized carbons (Fsp3) is 0.889. The number of aromatic nitrogens is 4. The van der Waals surface area contributed by atoms with Gasteiger partial charge in [0.05, 0.1) is 0 Å². The predicted octanol–water partition coefficient (Wildman–Crippen LogP) is 1.10. The first-order valence-corrected chi connectivity index (χ1v) is 6.32. The van der Waals surface area contributed by atoms with E-state index in [1.54, 1.807) is 4.68 Å². The molecule has 0 N–H and O–H groups in total. The maximum Gasteiger partial charge on any atom is 0.245 e. The van der Waals surface area contributed by atoms with E-state index < -0.39 is 0 Å². The summed E-state index contributed by atoms with van der Waals surface area (Å²) < 4.78 is 1.78. The highest BCUT2D eigenvalue weighted by Gasteiger charge is 2.41. The number of tetrazole rings is 1. The monoisotopic (exact) mass is 271 g/mol. The third-order valence-corrected chi connectivity index (χ3v) is 4.25. The maximum absolute atomic E-state index is 4.12. The van der Waals surface area contributed by atoms with E-state index in [1.807, 2.05) is 7.05 Å². The molecule has 0 aliphatic carbocycles. The molecule has 1 aromatic rings. The molecule has 2 aliphatic heterocycles. The molecule has 2 fully saturated rings. The van der Waals surface area contributed by atoms with Gasteiger partial charge in [-0.3, -0.25) is 0 Å². The summed E-state index contributed by atoms with van der Waals surface area (Å²) in [4.78, 5) is 3.09. The molecule has 0 aromatic carbocycles. The Balaban J connectivity index is 1.92. The molecule has 2 atom stereocenters. The fourth-order valence-electron chi connectivity index (χ4n) is 2.88. The molecule has 82 valence electrons. The molecule has 0 amide bonds. The van der Waals surface area contributed by atoms with Crippen molar-refractivity contribution in [2.45, 2.75) is 42.6 Å². The van der Waals surface area contributed by atoms with E-state index in [-0.39, 0.29) is 0 Å². The summed E-state index contributed by atoms with van der Waals surface area (Å²) in [6.07, 6.45) is 4.98. The number of halogens is 1. The number of hydrogen-bond donors (Lipinski definition) is 0. The van der Waals surface area contributed by atoms with E-state index in [0.717, 1.165) is 5.95 Å². The quantitative estimate of drug-likeness (QED) is 0.718. The van der Waals surface area contributed by atoms with Crippen molar-refractivity contribution in [1.29, 1.82) is 0 Å². The van der Waals surface area contributed by atoms with Gasteiger partial charge in [0.15, 0.2) is 0 Å². The molecule has 2 bridgehead atoms. The number of aryl methyl sites for hydroxylation is 1. The van der Waals surface area contributed by atoms with Gasteiger partial charge in [0.25, 0.3) is 0 Å². The molecule has 0 saturated carbocycles. The predicted molar refractivity (Wildman–Crippen MR) is 60.0 cm³/mol. The topological polar surface area (TPSA) is 46.8 Å². The SMILES string of the molecule is Cn1nnnc1N1C2CCC1CC(Br)C2. The smallest absolute Gasteiger partial charge is 0.245 e. The van der Waals surface area contributed by atoms with E-state index in [9.17, 15) is 0 Å². The van der Waals surface area contributed by atoms with Crippen LogP contribution in [0.2, 0.25) is 0 Å². The number of hydrogen-bond acceptors (Lipinski definition) is 4. The van der Waals surface area contributed by atoms with Gasteiger partial charge < -0.3 is 4.90 Å². The zero-order chi connectivity index (χ0) is 10.4. The average Bonchev–Trinajstić information content (AvgIpc) is 2.69. The van der Waals surface area contributed by atoms with Gasteiger partial charge in [-0.05, 0) is 36.1 Å². The normalized spacial score (nSPS) is 34.8. The fourth-order valence-corrected chi connectivity index (χ4v) is 3.74. The van der Waals surface area contributed by atoms with Crippen LogP contribution in [0.4, 0.5) is 5.95 Å². The molecule has 15 heavy (non-hydrogen) atoms. The van der Waals surface area contributed by atoms with Gasteiger partial charge in [-0.2, -0.15) is 0 Å². The van der Waals surface area contributed by atoms with Crippen LogP contribution in [0.15, 0.2) is 0 Å². The van der Waals surface area contributed by atoms with E-state index in [4.69, 9.17) is 0 Å². The highest BCUT2D eigenvalue weighted by molar-refractivity contribution is 9.09. The second kappa shape index (κ2) is 3.43. The zero-order valence-electron chi connectivity index (χ0n) is 8.67. The number of nitrogens with zero attached hydrogens (tertiary/aromatic N) is 5. The zero-order valence-corrected chi connectivity index (χ0v) is 10.3. The molecule has 1 aromatic heterocycles. The van der Waals surface area contributed by atoms with E-state index in [1.165, 1.54) is 25.7 Å². The minimum Gasteiger partial charge on any atom is -0.334 e. The van der Waals surface area contributed by atoms with Gasteiger partial charge in [-0.15, -0.1) is 0 Å². The summed E-state index contributed by atoms with van der Waals surface area (Å²) in [7, 11) is 1.91. The summed E-state index contributed by atoms with van der Waals surface area (Å²) >= 11 is 3.73. The molecule has 2 aliphatic rings. The largest absolute Gasteiger partial charge is 0.334 e. The van der Waals surface area contributed by atoms with Crippen LogP contribution in [0.5, 0.6) is 0 Å². The lowest BCUT2D eigenvalue weighted by molar-refractivity contribution is 0.467.